The molecule has 145 valence electrons. The third-order valence-electron chi connectivity index (χ3n) is 4.04. The van der Waals surface area contributed by atoms with Gasteiger partial charge < -0.3 is 5.32 Å². The molecule has 0 fully saturated rings. The lowest BCUT2D eigenvalue weighted by Crippen LogP contribution is -2.19. The summed E-state index contributed by atoms with van der Waals surface area (Å²) in [6.07, 6.45) is 5.58. The Kier molecular flexibility index (Phi) is 10.1. The van der Waals surface area contributed by atoms with E-state index in [4.69, 9.17) is 11.6 Å². The molecule has 1 aromatic rings. The van der Waals surface area contributed by atoms with Crippen molar-refractivity contribution in [3.63, 3.8) is 0 Å². The minimum absolute atomic E-state index is 0.308. The second-order valence-corrected chi connectivity index (χ2v) is 6.70. The van der Waals surface area contributed by atoms with E-state index in [1.165, 1.54) is 36.6 Å². The number of pyridine rings is 1. The van der Waals surface area contributed by atoms with Crippen molar-refractivity contribution in [1.82, 2.24) is 4.98 Å². The Balaban J connectivity index is 0.000000665. The highest BCUT2D eigenvalue weighted by Crippen LogP contribution is 2.38. The van der Waals surface area contributed by atoms with Gasteiger partial charge in [-0.3, -0.25) is 4.99 Å². The first kappa shape index (κ1) is 23.2. The van der Waals surface area contributed by atoms with E-state index < -0.39 is 0 Å². The SMILES string of the molecule is C=C.CCC.CCCC1=C(C)c2nc(Cl)cc(NCC3=NC=C(F)[B]3)c2C1. The summed E-state index contributed by atoms with van der Waals surface area (Å²) in [7, 11) is 1.43. The molecular weight excluding hydrogens is 360 g/mol. The maximum atomic E-state index is 13.0. The molecule has 6 heteroatoms. The van der Waals surface area contributed by atoms with Gasteiger partial charge in [-0.25, -0.2) is 9.37 Å². The first-order chi connectivity index (χ1) is 13.0. The van der Waals surface area contributed by atoms with Crippen molar-refractivity contribution in [1.29, 1.82) is 0 Å². The average Bonchev–Trinajstić information content (AvgIpc) is 3.20. The molecule has 1 aromatic heterocycles. The van der Waals surface area contributed by atoms with Crippen molar-refractivity contribution in [2.45, 2.75) is 53.4 Å². The molecule has 2 aliphatic rings. The van der Waals surface area contributed by atoms with E-state index in [1.807, 2.05) is 6.07 Å². The van der Waals surface area contributed by atoms with E-state index in [9.17, 15) is 4.39 Å². The van der Waals surface area contributed by atoms with E-state index in [2.05, 4.69) is 56.1 Å². The number of anilines is 1. The van der Waals surface area contributed by atoms with Gasteiger partial charge in [0.2, 0.25) is 0 Å². The first-order valence-electron chi connectivity index (χ1n) is 9.39. The van der Waals surface area contributed by atoms with Crippen LogP contribution >= 0.6 is 11.6 Å². The Bertz CT molecular complexity index is 741. The fourth-order valence-corrected chi connectivity index (χ4v) is 3.13. The summed E-state index contributed by atoms with van der Waals surface area (Å²) in [6, 6.07) is 1.84. The number of hydrogen-bond acceptors (Lipinski definition) is 3. The third kappa shape index (κ3) is 6.35. The largest absolute Gasteiger partial charge is 0.380 e. The lowest BCUT2D eigenvalue weighted by Gasteiger charge is -2.12. The summed E-state index contributed by atoms with van der Waals surface area (Å²) in [5, 5.41) is 3.79. The highest BCUT2D eigenvalue weighted by molar-refractivity contribution is 6.82. The monoisotopic (exact) mass is 388 g/mol. The van der Waals surface area contributed by atoms with Gasteiger partial charge in [-0.05, 0) is 31.4 Å². The summed E-state index contributed by atoms with van der Waals surface area (Å²) in [5.74, 6) is 0. The molecule has 0 spiro atoms. The molecule has 1 aliphatic heterocycles. The Labute approximate surface area is 168 Å². The molecular formula is C21H29BClFN3. The molecule has 1 N–H and O–H groups in total. The molecule has 0 bridgehead atoms. The van der Waals surface area contributed by atoms with Crippen LogP contribution in [0.15, 0.2) is 41.7 Å². The minimum atomic E-state index is -0.308. The fourth-order valence-electron chi connectivity index (χ4n) is 2.94. The zero-order valence-electron chi connectivity index (χ0n) is 16.8. The first-order valence-corrected chi connectivity index (χ1v) is 9.77. The Hall–Kier alpha value is -1.88. The normalized spacial score (nSPS) is 14.1. The zero-order valence-corrected chi connectivity index (χ0v) is 17.6. The number of hydrogen-bond donors (Lipinski definition) is 1. The summed E-state index contributed by atoms with van der Waals surface area (Å²) in [6.45, 7) is 15.0. The van der Waals surface area contributed by atoms with Crippen molar-refractivity contribution in [3.05, 3.63) is 53.1 Å². The van der Waals surface area contributed by atoms with Gasteiger partial charge in [-0.2, -0.15) is 0 Å². The zero-order chi connectivity index (χ0) is 20.4. The maximum absolute atomic E-state index is 13.0. The van der Waals surface area contributed by atoms with Crippen LogP contribution in [0.1, 0.15) is 58.2 Å². The Morgan fingerprint density at radius 2 is 1.96 bits per heavy atom. The standard InChI is InChI=1S/C16H17BClFN3.C3H8.C2H4/c1-3-4-10-5-11-12(6-15(18)22-16(11)9(10)2)20-8-14-17-13(19)7-21-14;1-3-2;1-2/h6-7H,3-5,8H2,1-2H3,(H,20,22);3H2,1-2H3;1-2H2. The van der Waals surface area contributed by atoms with Gasteiger partial charge in [0.25, 0.3) is 7.28 Å². The molecule has 0 saturated carbocycles. The second-order valence-electron chi connectivity index (χ2n) is 6.31. The van der Waals surface area contributed by atoms with E-state index in [0.717, 1.165) is 30.6 Å². The fraction of sp³-hybridized carbons (Fsp3) is 0.429. The number of rotatable bonds is 5. The molecule has 0 unspecified atom stereocenters. The van der Waals surface area contributed by atoms with Gasteiger partial charge in [-0.15, -0.1) is 13.2 Å². The lowest BCUT2D eigenvalue weighted by molar-refractivity contribution is 0.692. The lowest BCUT2D eigenvalue weighted by atomic mass is 9.73. The summed E-state index contributed by atoms with van der Waals surface area (Å²) in [4.78, 5) is 8.49. The van der Waals surface area contributed by atoms with E-state index in [-0.39, 0.29) is 5.73 Å². The average molecular weight is 389 g/mol. The molecule has 2 heterocycles. The molecule has 1 radical (unpaired) electrons. The Morgan fingerprint density at radius 3 is 2.52 bits per heavy atom. The number of allylic oxidation sites excluding steroid dienone is 2. The summed E-state index contributed by atoms with van der Waals surface area (Å²) < 4.78 is 13.0. The van der Waals surface area contributed by atoms with Gasteiger partial charge >= 0.3 is 0 Å². The molecule has 0 atom stereocenters. The van der Waals surface area contributed by atoms with Crippen LogP contribution < -0.4 is 5.32 Å². The number of halogens is 2. The van der Waals surface area contributed by atoms with Crippen molar-refractivity contribution in [2.24, 2.45) is 4.99 Å². The quantitative estimate of drug-likeness (QED) is 0.361. The van der Waals surface area contributed by atoms with E-state index in [1.54, 1.807) is 0 Å². The van der Waals surface area contributed by atoms with Gasteiger partial charge in [0.15, 0.2) is 0 Å². The van der Waals surface area contributed by atoms with Crippen LogP contribution in [-0.4, -0.2) is 24.4 Å². The summed E-state index contributed by atoms with van der Waals surface area (Å²) >= 11 is 6.16. The number of aliphatic imine (C=N–C) groups is 1. The van der Waals surface area contributed by atoms with Crippen molar-refractivity contribution < 1.29 is 4.39 Å². The molecule has 3 nitrogen and oxygen atoms in total. The van der Waals surface area contributed by atoms with Crippen LogP contribution in [0.25, 0.3) is 5.57 Å². The van der Waals surface area contributed by atoms with Gasteiger partial charge in [0.05, 0.1) is 11.4 Å². The van der Waals surface area contributed by atoms with Gasteiger partial charge in [0.1, 0.15) is 5.15 Å². The van der Waals surface area contributed by atoms with Crippen LogP contribution in [-0.2, 0) is 6.42 Å². The number of nitrogens with one attached hydrogen (secondary N) is 1. The smallest absolute Gasteiger partial charge is 0.255 e. The number of nitrogens with zero attached hydrogens (tertiary/aromatic N) is 2. The van der Waals surface area contributed by atoms with E-state index in [0.29, 0.717) is 17.3 Å². The Morgan fingerprint density at radius 1 is 1.30 bits per heavy atom. The van der Waals surface area contributed by atoms with Crippen molar-refractivity contribution >= 4 is 35.8 Å². The predicted molar refractivity (Wildman–Crippen MR) is 119 cm³/mol. The molecule has 27 heavy (non-hydrogen) atoms. The van der Waals surface area contributed by atoms with Crippen LogP contribution in [0.4, 0.5) is 10.1 Å². The highest BCUT2D eigenvalue weighted by Gasteiger charge is 2.23. The van der Waals surface area contributed by atoms with Gasteiger partial charge in [0, 0.05) is 29.6 Å². The second kappa shape index (κ2) is 11.8. The van der Waals surface area contributed by atoms with Crippen LogP contribution in [0, 0.1) is 0 Å². The number of aromatic nitrogens is 1. The van der Waals surface area contributed by atoms with Crippen LogP contribution in [0.3, 0.4) is 0 Å². The third-order valence-corrected chi connectivity index (χ3v) is 4.23. The summed E-state index contributed by atoms with van der Waals surface area (Å²) in [5.41, 5.74) is 6.15. The van der Waals surface area contributed by atoms with Crippen LogP contribution in [0.5, 0.6) is 0 Å². The van der Waals surface area contributed by atoms with Gasteiger partial charge in [-0.1, -0.05) is 50.8 Å². The molecule has 0 aromatic carbocycles. The van der Waals surface area contributed by atoms with E-state index >= 15 is 0 Å². The highest BCUT2D eigenvalue weighted by atomic mass is 35.5. The topological polar surface area (TPSA) is 37.3 Å². The molecule has 0 amide bonds. The predicted octanol–water partition coefficient (Wildman–Crippen LogP) is 6.38. The maximum Gasteiger partial charge on any atom is 0.255 e. The molecule has 1 aliphatic carbocycles. The molecule has 0 saturated heterocycles. The van der Waals surface area contributed by atoms with Crippen molar-refractivity contribution in [2.75, 3.05) is 11.9 Å². The molecule has 3 rings (SSSR count). The van der Waals surface area contributed by atoms with Crippen molar-refractivity contribution in [3.8, 4) is 0 Å². The minimum Gasteiger partial charge on any atom is -0.380 e. The van der Waals surface area contributed by atoms with Crippen LogP contribution in [0.2, 0.25) is 5.15 Å². The number of fused-ring (bicyclic) bond motifs is 1.